The number of carbonyl (C=O) groups excluding carboxylic acids is 1. The van der Waals surface area contributed by atoms with E-state index in [9.17, 15) is 4.79 Å². The zero-order chi connectivity index (χ0) is 11.3. The van der Waals surface area contributed by atoms with Crippen LogP contribution in [0.2, 0.25) is 0 Å². The van der Waals surface area contributed by atoms with Gasteiger partial charge in [0.05, 0.1) is 19.8 Å². The maximum Gasteiger partial charge on any atom is 0.142 e. The summed E-state index contributed by atoms with van der Waals surface area (Å²) in [6.07, 6.45) is 3.76. The molecule has 0 aliphatic carbocycles. The van der Waals surface area contributed by atoms with Crippen molar-refractivity contribution < 1.29 is 14.3 Å². The lowest BCUT2D eigenvalue weighted by Gasteiger charge is -2.10. The highest BCUT2D eigenvalue weighted by atomic mass is 79.9. The number of ether oxygens (including phenoxy) is 2. The Kier molecular flexibility index (Phi) is 4.37. The lowest BCUT2D eigenvalue weighted by molar-refractivity contribution is -0.104. The molecule has 3 nitrogen and oxygen atoms in total. The van der Waals surface area contributed by atoms with E-state index < -0.39 is 0 Å². The summed E-state index contributed by atoms with van der Waals surface area (Å²) in [6.45, 7) is 0. The van der Waals surface area contributed by atoms with Gasteiger partial charge < -0.3 is 9.47 Å². The third-order valence-corrected chi connectivity index (χ3v) is 2.31. The van der Waals surface area contributed by atoms with Gasteiger partial charge >= 0.3 is 0 Å². The van der Waals surface area contributed by atoms with Crippen molar-refractivity contribution >= 4 is 28.3 Å². The highest BCUT2D eigenvalue weighted by molar-refractivity contribution is 9.10. The van der Waals surface area contributed by atoms with Gasteiger partial charge in [-0.25, -0.2) is 0 Å². The normalized spacial score (nSPS) is 10.3. The van der Waals surface area contributed by atoms with Gasteiger partial charge in [-0.1, -0.05) is 15.9 Å². The smallest absolute Gasteiger partial charge is 0.142 e. The molecule has 4 heteroatoms. The van der Waals surface area contributed by atoms with Gasteiger partial charge in [0.25, 0.3) is 0 Å². The molecule has 1 aromatic carbocycles. The Morgan fingerprint density at radius 1 is 1.20 bits per heavy atom. The molecule has 0 aliphatic rings. The van der Waals surface area contributed by atoms with Crippen LogP contribution in [0.3, 0.4) is 0 Å². The van der Waals surface area contributed by atoms with Crippen LogP contribution in [0.25, 0.3) is 6.08 Å². The molecular formula is C11H11BrO3. The summed E-state index contributed by atoms with van der Waals surface area (Å²) in [5.74, 6) is 1.30. The highest BCUT2D eigenvalue weighted by Crippen LogP contribution is 2.33. The molecule has 80 valence electrons. The molecule has 0 aromatic heterocycles. The molecule has 0 saturated carbocycles. The van der Waals surface area contributed by atoms with E-state index in [4.69, 9.17) is 9.47 Å². The Morgan fingerprint density at radius 3 is 2.13 bits per heavy atom. The summed E-state index contributed by atoms with van der Waals surface area (Å²) in [5.41, 5.74) is 0.746. The number of hydrogen-bond acceptors (Lipinski definition) is 3. The fraction of sp³-hybridized carbons (Fsp3) is 0.182. The Balaban J connectivity index is 3.29. The minimum absolute atomic E-state index is 0.652. The van der Waals surface area contributed by atoms with E-state index in [1.807, 2.05) is 12.1 Å². The summed E-state index contributed by atoms with van der Waals surface area (Å²) in [4.78, 5) is 10.3. The number of aldehydes is 1. The fourth-order valence-electron chi connectivity index (χ4n) is 1.21. The minimum atomic E-state index is 0.652. The third-order valence-electron chi connectivity index (χ3n) is 1.85. The monoisotopic (exact) mass is 270 g/mol. The Labute approximate surface area is 96.8 Å². The van der Waals surface area contributed by atoms with Crippen molar-refractivity contribution in [3.8, 4) is 11.5 Å². The van der Waals surface area contributed by atoms with Crippen LogP contribution < -0.4 is 9.47 Å². The van der Waals surface area contributed by atoms with Gasteiger partial charge in [0, 0.05) is 4.47 Å². The van der Waals surface area contributed by atoms with Crippen molar-refractivity contribution in [3.05, 3.63) is 28.2 Å². The molecule has 0 bridgehead atoms. The first-order valence-corrected chi connectivity index (χ1v) is 5.05. The van der Waals surface area contributed by atoms with E-state index >= 15 is 0 Å². The maximum atomic E-state index is 10.3. The van der Waals surface area contributed by atoms with Crippen molar-refractivity contribution in [2.24, 2.45) is 0 Å². The van der Waals surface area contributed by atoms with Gasteiger partial charge in [0.2, 0.25) is 0 Å². The summed E-state index contributed by atoms with van der Waals surface area (Å²) in [5, 5.41) is 0. The zero-order valence-corrected chi connectivity index (χ0v) is 10.1. The topological polar surface area (TPSA) is 35.5 Å². The van der Waals surface area contributed by atoms with Crippen molar-refractivity contribution in [1.82, 2.24) is 0 Å². The molecule has 0 unspecified atom stereocenters. The predicted octanol–water partition coefficient (Wildman–Crippen LogP) is 2.68. The lowest BCUT2D eigenvalue weighted by Crippen LogP contribution is -1.92. The van der Waals surface area contributed by atoms with Crippen LogP contribution in [-0.4, -0.2) is 20.5 Å². The average molecular weight is 271 g/mol. The highest BCUT2D eigenvalue weighted by Gasteiger charge is 2.08. The van der Waals surface area contributed by atoms with Crippen LogP contribution in [-0.2, 0) is 4.79 Å². The van der Waals surface area contributed by atoms with Crippen molar-refractivity contribution in [1.29, 1.82) is 0 Å². The van der Waals surface area contributed by atoms with E-state index in [1.54, 1.807) is 20.3 Å². The van der Waals surface area contributed by atoms with Crippen LogP contribution in [0.5, 0.6) is 11.5 Å². The van der Waals surface area contributed by atoms with E-state index in [2.05, 4.69) is 15.9 Å². The Morgan fingerprint density at radius 2 is 1.73 bits per heavy atom. The van der Waals surface area contributed by atoms with E-state index in [0.29, 0.717) is 17.8 Å². The van der Waals surface area contributed by atoms with Crippen LogP contribution in [0.4, 0.5) is 0 Å². The van der Waals surface area contributed by atoms with Crippen LogP contribution in [0.15, 0.2) is 22.7 Å². The molecule has 0 amide bonds. The van der Waals surface area contributed by atoms with Crippen molar-refractivity contribution in [2.75, 3.05) is 14.2 Å². The molecule has 0 atom stereocenters. The molecule has 0 aliphatic heterocycles. The number of halogens is 1. The van der Waals surface area contributed by atoms with Crippen LogP contribution in [0, 0.1) is 0 Å². The van der Waals surface area contributed by atoms with Gasteiger partial charge in [-0.2, -0.15) is 0 Å². The molecule has 0 saturated heterocycles. The Bertz CT molecular complexity index is 360. The number of rotatable bonds is 4. The zero-order valence-electron chi connectivity index (χ0n) is 8.49. The molecule has 1 rings (SSSR count). The number of methoxy groups -OCH3 is 2. The number of hydrogen-bond donors (Lipinski definition) is 0. The van der Waals surface area contributed by atoms with E-state index in [1.165, 1.54) is 6.08 Å². The van der Waals surface area contributed by atoms with E-state index in [-0.39, 0.29) is 0 Å². The third kappa shape index (κ3) is 2.83. The predicted molar refractivity (Wildman–Crippen MR) is 62.3 cm³/mol. The average Bonchev–Trinajstić information content (AvgIpc) is 2.26. The van der Waals surface area contributed by atoms with Crippen molar-refractivity contribution in [3.63, 3.8) is 0 Å². The van der Waals surface area contributed by atoms with Crippen LogP contribution >= 0.6 is 15.9 Å². The van der Waals surface area contributed by atoms with Gasteiger partial charge in [-0.05, 0) is 24.3 Å². The quantitative estimate of drug-likeness (QED) is 0.624. The lowest BCUT2D eigenvalue weighted by atomic mass is 10.1. The van der Waals surface area contributed by atoms with Gasteiger partial charge in [0.1, 0.15) is 17.8 Å². The second-order valence-electron chi connectivity index (χ2n) is 2.72. The van der Waals surface area contributed by atoms with Crippen molar-refractivity contribution in [2.45, 2.75) is 0 Å². The van der Waals surface area contributed by atoms with Gasteiger partial charge in [-0.15, -0.1) is 0 Å². The second kappa shape index (κ2) is 5.56. The molecule has 0 N–H and O–H groups in total. The summed E-state index contributed by atoms with van der Waals surface area (Å²) >= 11 is 3.34. The molecule has 15 heavy (non-hydrogen) atoms. The molecule has 0 radical (unpaired) electrons. The van der Waals surface area contributed by atoms with Crippen LogP contribution in [0.1, 0.15) is 5.56 Å². The summed E-state index contributed by atoms with van der Waals surface area (Å²) in [6, 6.07) is 3.62. The molecule has 1 aromatic rings. The summed E-state index contributed by atoms with van der Waals surface area (Å²) in [7, 11) is 3.14. The summed E-state index contributed by atoms with van der Waals surface area (Å²) < 4.78 is 11.2. The first-order valence-electron chi connectivity index (χ1n) is 4.26. The maximum absolute atomic E-state index is 10.3. The number of carbonyl (C=O) groups is 1. The molecule has 0 heterocycles. The minimum Gasteiger partial charge on any atom is -0.496 e. The van der Waals surface area contributed by atoms with Gasteiger partial charge in [-0.3, -0.25) is 4.79 Å². The first-order chi connectivity index (χ1) is 7.22. The van der Waals surface area contributed by atoms with E-state index in [0.717, 1.165) is 10.0 Å². The first kappa shape index (κ1) is 11.8. The largest absolute Gasteiger partial charge is 0.496 e. The Hall–Kier alpha value is -1.29. The molecular weight excluding hydrogens is 260 g/mol. The SMILES string of the molecule is COc1cc(Br)cc(OC)c1/C=C/C=O. The standard InChI is InChI=1S/C11H11BrO3/c1-14-10-6-8(12)7-11(15-2)9(10)4-3-5-13/h3-7H,1-2H3/b4-3+. The number of allylic oxidation sites excluding steroid dienone is 1. The molecule has 0 spiro atoms. The number of benzene rings is 1. The second-order valence-corrected chi connectivity index (χ2v) is 3.63. The molecule has 0 fully saturated rings. The van der Waals surface area contributed by atoms with Gasteiger partial charge in [0.15, 0.2) is 0 Å². The fourth-order valence-corrected chi connectivity index (χ4v) is 1.62.